The van der Waals surface area contributed by atoms with Crippen LogP contribution in [-0.4, -0.2) is 14.5 Å². The second-order valence-electron chi connectivity index (χ2n) is 4.49. The summed E-state index contributed by atoms with van der Waals surface area (Å²) in [6.07, 6.45) is 10.4. The van der Waals surface area contributed by atoms with Crippen LogP contribution >= 0.6 is 0 Å². The van der Waals surface area contributed by atoms with Crippen molar-refractivity contribution in [3.63, 3.8) is 0 Å². The van der Waals surface area contributed by atoms with Gasteiger partial charge in [0.05, 0.1) is 6.04 Å². The van der Waals surface area contributed by atoms with Gasteiger partial charge in [-0.15, -0.1) is 0 Å². The van der Waals surface area contributed by atoms with E-state index in [1.807, 2.05) is 24.7 Å². The summed E-state index contributed by atoms with van der Waals surface area (Å²) >= 11 is 0. The number of hydrogen-bond donors (Lipinski definition) is 1. The molecule has 1 unspecified atom stereocenters. The average Bonchev–Trinajstić information content (AvgIpc) is 2.86. The SMILES string of the molecule is CCCn1ccnc1C(N)CCc1cccnc1. The Balaban J connectivity index is 1.95. The van der Waals surface area contributed by atoms with Crippen molar-refractivity contribution in [2.24, 2.45) is 5.73 Å². The largest absolute Gasteiger partial charge is 0.334 e. The molecule has 0 amide bonds. The molecule has 0 spiro atoms. The first-order chi connectivity index (χ1) is 8.81. The first-order valence-corrected chi connectivity index (χ1v) is 6.46. The van der Waals surface area contributed by atoms with E-state index in [9.17, 15) is 0 Å². The summed E-state index contributed by atoms with van der Waals surface area (Å²) < 4.78 is 2.15. The molecule has 0 fully saturated rings. The molecule has 0 radical (unpaired) electrons. The predicted octanol–water partition coefficient (Wildman–Crippen LogP) is 2.32. The van der Waals surface area contributed by atoms with Crippen LogP contribution in [0.5, 0.6) is 0 Å². The van der Waals surface area contributed by atoms with Gasteiger partial charge >= 0.3 is 0 Å². The number of nitrogens with zero attached hydrogens (tertiary/aromatic N) is 3. The summed E-state index contributed by atoms with van der Waals surface area (Å²) in [6, 6.07) is 4.03. The minimum absolute atomic E-state index is 0.00763. The molecule has 2 N–H and O–H groups in total. The maximum Gasteiger partial charge on any atom is 0.125 e. The van der Waals surface area contributed by atoms with Crippen molar-refractivity contribution in [1.29, 1.82) is 0 Å². The second-order valence-corrected chi connectivity index (χ2v) is 4.49. The summed E-state index contributed by atoms with van der Waals surface area (Å²) in [6.45, 7) is 3.14. The van der Waals surface area contributed by atoms with E-state index in [0.717, 1.165) is 31.6 Å². The van der Waals surface area contributed by atoms with E-state index in [-0.39, 0.29) is 6.04 Å². The Bertz CT molecular complexity index is 464. The Kier molecular flexibility index (Phi) is 4.47. The minimum Gasteiger partial charge on any atom is -0.334 e. The number of aromatic nitrogens is 3. The first-order valence-electron chi connectivity index (χ1n) is 6.46. The van der Waals surface area contributed by atoms with Crippen LogP contribution in [0, 0.1) is 0 Å². The fourth-order valence-electron chi connectivity index (χ4n) is 2.08. The van der Waals surface area contributed by atoms with Crippen molar-refractivity contribution < 1.29 is 0 Å². The fourth-order valence-corrected chi connectivity index (χ4v) is 2.08. The van der Waals surface area contributed by atoms with E-state index in [2.05, 4.69) is 27.5 Å². The molecule has 0 aliphatic carbocycles. The van der Waals surface area contributed by atoms with Crippen LogP contribution in [0.25, 0.3) is 0 Å². The number of nitrogens with two attached hydrogens (primary N) is 1. The lowest BCUT2D eigenvalue weighted by Crippen LogP contribution is -2.17. The van der Waals surface area contributed by atoms with Gasteiger partial charge in [0.25, 0.3) is 0 Å². The smallest absolute Gasteiger partial charge is 0.125 e. The predicted molar refractivity (Wildman–Crippen MR) is 72.0 cm³/mol. The third-order valence-corrected chi connectivity index (χ3v) is 3.01. The molecular formula is C14H20N4. The van der Waals surface area contributed by atoms with E-state index >= 15 is 0 Å². The van der Waals surface area contributed by atoms with Gasteiger partial charge in [-0.05, 0) is 30.9 Å². The molecule has 2 aromatic rings. The van der Waals surface area contributed by atoms with Crippen LogP contribution in [0.2, 0.25) is 0 Å². The zero-order valence-electron chi connectivity index (χ0n) is 10.8. The monoisotopic (exact) mass is 244 g/mol. The highest BCUT2D eigenvalue weighted by molar-refractivity contribution is 5.09. The lowest BCUT2D eigenvalue weighted by molar-refractivity contribution is 0.549. The molecule has 0 aliphatic rings. The molecule has 0 bridgehead atoms. The second kappa shape index (κ2) is 6.31. The van der Waals surface area contributed by atoms with Gasteiger partial charge in [0, 0.05) is 31.3 Å². The standard InChI is InChI=1S/C14H20N4/c1-2-9-18-10-8-17-14(18)13(15)6-5-12-4-3-7-16-11-12/h3-4,7-8,10-11,13H,2,5-6,9,15H2,1H3. The summed E-state index contributed by atoms with van der Waals surface area (Å²) in [5, 5.41) is 0. The maximum atomic E-state index is 6.21. The lowest BCUT2D eigenvalue weighted by Gasteiger charge is -2.13. The molecule has 0 aliphatic heterocycles. The molecular weight excluding hydrogens is 224 g/mol. The van der Waals surface area contributed by atoms with Crippen LogP contribution in [0.3, 0.4) is 0 Å². The zero-order valence-corrected chi connectivity index (χ0v) is 10.8. The van der Waals surface area contributed by atoms with Crippen molar-refractivity contribution in [2.75, 3.05) is 0 Å². The van der Waals surface area contributed by atoms with E-state index in [1.54, 1.807) is 6.20 Å². The first kappa shape index (κ1) is 12.8. The molecule has 2 aromatic heterocycles. The molecule has 4 heteroatoms. The molecule has 2 heterocycles. The van der Waals surface area contributed by atoms with Crippen LogP contribution in [0.15, 0.2) is 36.9 Å². The van der Waals surface area contributed by atoms with Crippen LogP contribution in [0.1, 0.15) is 37.2 Å². The van der Waals surface area contributed by atoms with E-state index in [0.29, 0.717) is 0 Å². The third kappa shape index (κ3) is 3.17. The molecule has 2 rings (SSSR count). The van der Waals surface area contributed by atoms with Crippen molar-refractivity contribution >= 4 is 0 Å². The van der Waals surface area contributed by atoms with Gasteiger partial charge in [0.15, 0.2) is 0 Å². The fraction of sp³-hybridized carbons (Fsp3) is 0.429. The lowest BCUT2D eigenvalue weighted by atomic mass is 10.1. The highest BCUT2D eigenvalue weighted by atomic mass is 15.1. The van der Waals surface area contributed by atoms with Crippen LogP contribution < -0.4 is 5.73 Å². The van der Waals surface area contributed by atoms with Crippen molar-refractivity contribution in [1.82, 2.24) is 14.5 Å². The highest BCUT2D eigenvalue weighted by Crippen LogP contribution is 2.15. The number of aryl methyl sites for hydroxylation is 2. The Morgan fingerprint density at radius 3 is 3.00 bits per heavy atom. The molecule has 0 saturated carbocycles. The van der Waals surface area contributed by atoms with Gasteiger partial charge < -0.3 is 10.3 Å². The topological polar surface area (TPSA) is 56.7 Å². The summed E-state index contributed by atoms with van der Waals surface area (Å²) in [5.74, 6) is 0.987. The van der Waals surface area contributed by atoms with Crippen molar-refractivity contribution in [2.45, 2.75) is 38.8 Å². The van der Waals surface area contributed by atoms with Crippen LogP contribution in [-0.2, 0) is 13.0 Å². The van der Waals surface area contributed by atoms with Gasteiger partial charge in [0.1, 0.15) is 5.82 Å². The normalized spacial score (nSPS) is 12.6. The zero-order chi connectivity index (χ0) is 12.8. The Morgan fingerprint density at radius 2 is 2.28 bits per heavy atom. The van der Waals surface area contributed by atoms with Gasteiger partial charge in [-0.1, -0.05) is 13.0 Å². The number of rotatable bonds is 6. The van der Waals surface area contributed by atoms with Gasteiger partial charge in [-0.3, -0.25) is 4.98 Å². The van der Waals surface area contributed by atoms with E-state index in [4.69, 9.17) is 5.73 Å². The number of pyridine rings is 1. The van der Waals surface area contributed by atoms with Crippen molar-refractivity contribution in [3.05, 3.63) is 48.3 Å². The maximum absolute atomic E-state index is 6.21. The van der Waals surface area contributed by atoms with E-state index < -0.39 is 0 Å². The quantitative estimate of drug-likeness (QED) is 0.848. The van der Waals surface area contributed by atoms with Crippen LogP contribution in [0.4, 0.5) is 0 Å². The van der Waals surface area contributed by atoms with Gasteiger partial charge in [0.2, 0.25) is 0 Å². The molecule has 0 saturated heterocycles. The Labute approximate surface area is 108 Å². The molecule has 0 aromatic carbocycles. The average molecular weight is 244 g/mol. The molecule has 18 heavy (non-hydrogen) atoms. The molecule has 4 nitrogen and oxygen atoms in total. The number of hydrogen-bond acceptors (Lipinski definition) is 3. The highest BCUT2D eigenvalue weighted by Gasteiger charge is 2.12. The van der Waals surface area contributed by atoms with E-state index in [1.165, 1.54) is 5.56 Å². The Hall–Kier alpha value is -1.68. The molecule has 1 atom stereocenters. The van der Waals surface area contributed by atoms with Crippen molar-refractivity contribution in [3.8, 4) is 0 Å². The third-order valence-electron chi connectivity index (χ3n) is 3.01. The Morgan fingerprint density at radius 1 is 1.39 bits per heavy atom. The summed E-state index contributed by atoms with van der Waals surface area (Å²) in [7, 11) is 0. The summed E-state index contributed by atoms with van der Waals surface area (Å²) in [5.41, 5.74) is 7.44. The minimum atomic E-state index is -0.00763. The number of imidazole rings is 1. The molecule has 96 valence electrons. The van der Waals surface area contributed by atoms with Gasteiger partial charge in [-0.25, -0.2) is 4.98 Å². The summed E-state index contributed by atoms with van der Waals surface area (Å²) in [4.78, 5) is 8.48. The van der Waals surface area contributed by atoms with Gasteiger partial charge in [-0.2, -0.15) is 0 Å².